The second-order valence-electron chi connectivity index (χ2n) is 6.94. The van der Waals surface area contributed by atoms with Crippen LogP contribution in [0.15, 0.2) is 54.6 Å². The molecule has 0 radical (unpaired) electrons. The molecule has 0 unspecified atom stereocenters. The first-order valence-corrected chi connectivity index (χ1v) is 9.14. The zero-order chi connectivity index (χ0) is 20.1. The molecule has 28 heavy (non-hydrogen) atoms. The standard InChI is InChI=1S/C21H23F3N2O2/c1-28-19-14-26(13-15-6-3-2-4-7-15)11-10-18(19)25-20(27)16-8-5-9-17(12-16)21(22,23)24/h2-9,12,18-19H,10-11,13-14H2,1H3,(H,25,27)/t18-,19-/m0/s1. The second kappa shape index (κ2) is 8.75. The Kier molecular flexibility index (Phi) is 6.36. The molecule has 0 aliphatic carbocycles. The van der Waals surface area contributed by atoms with Crippen molar-refractivity contribution in [1.82, 2.24) is 10.2 Å². The lowest BCUT2D eigenvalue weighted by atomic mass is 10.00. The third kappa shape index (κ3) is 5.11. The van der Waals surface area contributed by atoms with Gasteiger partial charge in [0.05, 0.1) is 17.7 Å². The predicted molar refractivity (Wildman–Crippen MR) is 99.8 cm³/mol. The zero-order valence-electron chi connectivity index (χ0n) is 15.6. The van der Waals surface area contributed by atoms with Crippen molar-refractivity contribution in [2.75, 3.05) is 20.2 Å². The van der Waals surface area contributed by atoms with Crippen molar-refractivity contribution in [3.8, 4) is 0 Å². The number of nitrogens with zero attached hydrogens (tertiary/aromatic N) is 1. The summed E-state index contributed by atoms with van der Waals surface area (Å²) >= 11 is 0. The van der Waals surface area contributed by atoms with Gasteiger partial charge in [0.15, 0.2) is 0 Å². The van der Waals surface area contributed by atoms with Crippen LogP contribution in [0.3, 0.4) is 0 Å². The van der Waals surface area contributed by atoms with Crippen molar-refractivity contribution in [2.24, 2.45) is 0 Å². The van der Waals surface area contributed by atoms with Gasteiger partial charge in [-0.05, 0) is 30.2 Å². The van der Waals surface area contributed by atoms with Gasteiger partial charge in [0.25, 0.3) is 5.91 Å². The van der Waals surface area contributed by atoms with Crippen LogP contribution in [0.25, 0.3) is 0 Å². The Morgan fingerprint density at radius 1 is 1.18 bits per heavy atom. The predicted octanol–water partition coefficient (Wildman–Crippen LogP) is 3.72. The van der Waals surface area contributed by atoms with Crippen LogP contribution in [0.2, 0.25) is 0 Å². The van der Waals surface area contributed by atoms with Gasteiger partial charge < -0.3 is 10.1 Å². The third-order valence-electron chi connectivity index (χ3n) is 4.96. The molecule has 1 N–H and O–H groups in total. The molecule has 0 aromatic heterocycles. The van der Waals surface area contributed by atoms with Crippen molar-refractivity contribution in [3.63, 3.8) is 0 Å². The molecule has 0 saturated carbocycles. The number of piperidine rings is 1. The summed E-state index contributed by atoms with van der Waals surface area (Å²) in [6.45, 7) is 2.19. The first kappa shape index (κ1) is 20.4. The van der Waals surface area contributed by atoms with Gasteiger partial charge in [0.2, 0.25) is 0 Å². The molecule has 1 aliphatic rings. The zero-order valence-corrected chi connectivity index (χ0v) is 15.6. The summed E-state index contributed by atoms with van der Waals surface area (Å²) in [4.78, 5) is 14.7. The van der Waals surface area contributed by atoms with Crippen LogP contribution in [-0.4, -0.2) is 43.2 Å². The Bertz CT molecular complexity index is 796. The number of hydrogen-bond donors (Lipinski definition) is 1. The molecule has 0 bridgehead atoms. The molecule has 1 heterocycles. The maximum absolute atomic E-state index is 12.9. The lowest BCUT2D eigenvalue weighted by Gasteiger charge is -2.38. The highest BCUT2D eigenvalue weighted by molar-refractivity contribution is 5.94. The summed E-state index contributed by atoms with van der Waals surface area (Å²) in [6, 6.07) is 14.3. The number of likely N-dealkylation sites (tertiary alicyclic amines) is 1. The van der Waals surface area contributed by atoms with E-state index in [0.717, 1.165) is 25.2 Å². The van der Waals surface area contributed by atoms with E-state index in [-0.39, 0.29) is 17.7 Å². The fourth-order valence-corrected chi connectivity index (χ4v) is 3.46. The fourth-order valence-electron chi connectivity index (χ4n) is 3.46. The average molecular weight is 392 g/mol. The number of benzene rings is 2. The summed E-state index contributed by atoms with van der Waals surface area (Å²) < 4.78 is 44.2. The van der Waals surface area contributed by atoms with E-state index in [9.17, 15) is 18.0 Å². The van der Waals surface area contributed by atoms with Gasteiger partial charge >= 0.3 is 6.18 Å². The fraction of sp³-hybridized carbons (Fsp3) is 0.381. The van der Waals surface area contributed by atoms with Crippen molar-refractivity contribution >= 4 is 5.91 Å². The van der Waals surface area contributed by atoms with E-state index in [4.69, 9.17) is 4.74 Å². The Hall–Kier alpha value is -2.38. The van der Waals surface area contributed by atoms with E-state index in [2.05, 4.69) is 22.3 Å². The number of halogens is 3. The van der Waals surface area contributed by atoms with Crippen LogP contribution in [-0.2, 0) is 17.5 Å². The van der Waals surface area contributed by atoms with Crippen LogP contribution < -0.4 is 5.32 Å². The van der Waals surface area contributed by atoms with Crippen LogP contribution in [0.4, 0.5) is 13.2 Å². The van der Waals surface area contributed by atoms with Crippen LogP contribution in [0.1, 0.15) is 27.9 Å². The molecule has 2 aromatic carbocycles. The number of nitrogens with one attached hydrogen (secondary N) is 1. The SMILES string of the molecule is CO[C@H]1CN(Cc2ccccc2)CC[C@@H]1NC(=O)c1cccc(C(F)(F)F)c1. The van der Waals surface area contributed by atoms with Crippen molar-refractivity contribution in [1.29, 1.82) is 0 Å². The Morgan fingerprint density at radius 3 is 2.61 bits per heavy atom. The van der Waals surface area contributed by atoms with E-state index in [0.29, 0.717) is 13.0 Å². The highest BCUT2D eigenvalue weighted by Gasteiger charge is 2.33. The number of carbonyl (C=O) groups excluding carboxylic acids is 1. The number of amides is 1. The minimum atomic E-state index is -4.48. The highest BCUT2D eigenvalue weighted by Crippen LogP contribution is 2.29. The average Bonchev–Trinajstić information content (AvgIpc) is 2.69. The number of alkyl halides is 3. The Morgan fingerprint density at radius 2 is 1.93 bits per heavy atom. The van der Waals surface area contributed by atoms with Gasteiger partial charge in [-0.15, -0.1) is 0 Å². The van der Waals surface area contributed by atoms with E-state index in [1.165, 1.54) is 17.7 Å². The molecule has 2 atom stereocenters. The molecule has 1 fully saturated rings. The van der Waals surface area contributed by atoms with Gasteiger partial charge in [-0.3, -0.25) is 9.69 Å². The number of methoxy groups -OCH3 is 1. The molecule has 3 rings (SSSR count). The van der Waals surface area contributed by atoms with Crippen LogP contribution in [0.5, 0.6) is 0 Å². The lowest BCUT2D eigenvalue weighted by molar-refractivity contribution is -0.137. The Balaban J connectivity index is 1.62. The lowest BCUT2D eigenvalue weighted by Crippen LogP contribution is -2.54. The molecule has 1 amide bonds. The van der Waals surface area contributed by atoms with Crippen LogP contribution in [0, 0.1) is 0 Å². The minimum Gasteiger partial charge on any atom is -0.378 e. The van der Waals surface area contributed by atoms with Crippen molar-refractivity contribution in [3.05, 3.63) is 71.3 Å². The van der Waals surface area contributed by atoms with Gasteiger partial charge in [-0.2, -0.15) is 13.2 Å². The summed E-state index contributed by atoms with van der Waals surface area (Å²) in [7, 11) is 1.58. The normalized spacial score (nSPS) is 20.7. The maximum atomic E-state index is 12.9. The number of ether oxygens (including phenoxy) is 1. The van der Waals surface area contributed by atoms with Gasteiger partial charge in [-0.1, -0.05) is 36.4 Å². The first-order chi connectivity index (χ1) is 13.4. The summed E-state index contributed by atoms with van der Waals surface area (Å²) in [6.07, 6.45) is -4.04. The highest BCUT2D eigenvalue weighted by atomic mass is 19.4. The van der Waals surface area contributed by atoms with Gasteiger partial charge in [0, 0.05) is 32.3 Å². The molecule has 4 nitrogen and oxygen atoms in total. The summed E-state index contributed by atoms with van der Waals surface area (Å²) in [5.41, 5.74) is 0.362. The summed E-state index contributed by atoms with van der Waals surface area (Å²) in [5, 5.41) is 2.84. The number of carbonyl (C=O) groups is 1. The topological polar surface area (TPSA) is 41.6 Å². The van der Waals surface area contributed by atoms with E-state index in [1.807, 2.05) is 18.2 Å². The molecular weight excluding hydrogens is 369 g/mol. The smallest absolute Gasteiger partial charge is 0.378 e. The molecule has 1 aliphatic heterocycles. The molecule has 2 aromatic rings. The molecule has 7 heteroatoms. The monoisotopic (exact) mass is 392 g/mol. The third-order valence-corrected chi connectivity index (χ3v) is 4.96. The van der Waals surface area contributed by atoms with E-state index >= 15 is 0 Å². The van der Waals surface area contributed by atoms with E-state index < -0.39 is 17.6 Å². The van der Waals surface area contributed by atoms with Crippen molar-refractivity contribution < 1.29 is 22.7 Å². The molecule has 150 valence electrons. The molecule has 0 spiro atoms. The van der Waals surface area contributed by atoms with E-state index in [1.54, 1.807) is 7.11 Å². The molecular formula is C21H23F3N2O2. The van der Waals surface area contributed by atoms with Crippen molar-refractivity contribution in [2.45, 2.75) is 31.3 Å². The Labute approximate surface area is 162 Å². The number of rotatable bonds is 5. The van der Waals surface area contributed by atoms with Gasteiger partial charge in [0.1, 0.15) is 0 Å². The minimum absolute atomic E-state index is 0.00334. The molecule has 1 saturated heterocycles. The van der Waals surface area contributed by atoms with Crippen LogP contribution >= 0.6 is 0 Å². The second-order valence-corrected chi connectivity index (χ2v) is 6.94. The quantitative estimate of drug-likeness (QED) is 0.843. The first-order valence-electron chi connectivity index (χ1n) is 9.14. The largest absolute Gasteiger partial charge is 0.416 e. The maximum Gasteiger partial charge on any atom is 0.416 e. The number of hydrogen-bond acceptors (Lipinski definition) is 3. The summed E-state index contributed by atoms with van der Waals surface area (Å²) in [5.74, 6) is -0.519. The van der Waals surface area contributed by atoms with Gasteiger partial charge in [-0.25, -0.2) is 0 Å².